The van der Waals surface area contributed by atoms with Crippen LogP contribution in [0.5, 0.6) is 0 Å². The van der Waals surface area contributed by atoms with Crippen molar-refractivity contribution in [2.24, 2.45) is 0 Å². The van der Waals surface area contributed by atoms with Crippen LogP contribution in [0.25, 0.3) is 22.5 Å². The number of aryl methyl sites for hydroxylation is 2. The Hall–Kier alpha value is -4.66. The predicted molar refractivity (Wildman–Crippen MR) is 144 cm³/mol. The van der Waals surface area contributed by atoms with Crippen molar-refractivity contribution in [1.82, 2.24) is 29.7 Å². The van der Waals surface area contributed by atoms with Gasteiger partial charge in [0.1, 0.15) is 5.82 Å². The monoisotopic (exact) mass is 508 g/mol. The number of hydrogen-bond acceptors (Lipinski definition) is 7. The molecule has 192 valence electrons. The van der Waals surface area contributed by atoms with Crippen LogP contribution in [0.1, 0.15) is 48.1 Å². The Bertz CT molecular complexity index is 1650. The summed E-state index contributed by atoms with van der Waals surface area (Å²) in [6, 6.07) is 15.7. The lowest BCUT2D eigenvalue weighted by molar-refractivity contribution is 0.388. The zero-order valence-corrected chi connectivity index (χ0v) is 21.3. The number of hydrogen-bond donors (Lipinski definition) is 1. The van der Waals surface area contributed by atoms with Crippen molar-refractivity contribution in [3.63, 3.8) is 0 Å². The molecule has 0 atom stereocenters. The van der Waals surface area contributed by atoms with E-state index in [4.69, 9.17) is 9.51 Å². The predicted octanol–water partition coefficient (Wildman–Crippen LogP) is 4.33. The molecule has 0 unspecified atom stereocenters. The first-order chi connectivity index (χ1) is 18.5. The van der Waals surface area contributed by atoms with Crippen LogP contribution in [0.4, 0.5) is 0 Å². The number of aromatic nitrogens is 6. The molecule has 0 saturated carbocycles. The molecule has 9 nitrogen and oxygen atoms in total. The summed E-state index contributed by atoms with van der Waals surface area (Å²) in [5, 5.41) is 3.84. The lowest BCUT2D eigenvalue weighted by atomic mass is 9.96. The van der Waals surface area contributed by atoms with E-state index in [0.717, 1.165) is 47.2 Å². The SMILES string of the molecule is CCCCc1nc(C)n(Cc2cnccn2)c(=O)c1Cc1ccc(-c2ccccc2-c2noc(=O)[nH]2)cc1. The minimum atomic E-state index is -0.597. The zero-order valence-electron chi connectivity index (χ0n) is 21.3. The Morgan fingerprint density at radius 2 is 1.79 bits per heavy atom. The summed E-state index contributed by atoms with van der Waals surface area (Å²) in [7, 11) is 0. The fourth-order valence-corrected chi connectivity index (χ4v) is 4.54. The molecule has 0 saturated heterocycles. The van der Waals surface area contributed by atoms with E-state index in [1.807, 2.05) is 55.5 Å². The van der Waals surface area contributed by atoms with E-state index >= 15 is 0 Å². The first-order valence-corrected chi connectivity index (χ1v) is 12.6. The molecule has 0 fully saturated rings. The molecule has 0 aliphatic heterocycles. The third kappa shape index (κ3) is 5.36. The van der Waals surface area contributed by atoms with Crippen LogP contribution in [0.15, 0.2) is 81.2 Å². The van der Waals surface area contributed by atoms with Gasteiger partial charge in [-0.2, -0.15) is 0 Å². The number of H-pyrrole nitrogens is 1. The lowest BCUT2D eigenvalue weighted by Gasteiger charge is -2.15. The molecule has 0 radical (unpaired) electrons. The highest BCUT2D eigenvalue weighted by atomic mass is 16.5. The Labute approximate surface area is 219 Å². The van der Waals surface area contributed by atoms with E-state index in [1.54, 1.807) is 23.2 Å². The normalized spacial score (nSPS) is 11.1. The Balaban J connectivity index is 1.48. The zero-order chi connectivity index (χ0) is 26.5. The highest BCUT2D eigenvalue weighted by Gasteiger charge is 2.17. The first-order valence-electron chi connectivity index (χ1n) is 12.6. The van der Waals surface area contributed by atoms with Gasteiger partial charge in [0.15, 0.2) is 5.82 Å². The van der Waals surface area contributed by atoms with Gasteiger partial charge in [-0.05, 0) is 36.5 Å². The van der Waals surface area contributed by atoms with Crippen LogP contribution in [-0.4, -0.2) is 29.7 Å². The van der Waals surface area contributed by atoms with Crippen molar-refractivity contribution in [1.29, 1.82) is 0 Å². The maximum Gasteiger partial charge on any atom is 0.439 e. The van der Waals surface area contributed by atoms with Crippen LogP contribution in [-0.2, 0) is 19.4 Å². The first kappa shape index (κ1) is 25.0. The second-order valence-electron chi connectivity index (χ2n) is 9.14. The molecular weight excluding hydrogens is 480 g/mol. The number of benzene rings is 2. The van der Waals surface area contributed by atoms with Crippen LogP contribution in [0, 0.1) is 6.92 Å². The maximum absolute atomic E-state index is 13.7. The van der Waals surface area contributed by atoms with Gasteiger partial charge in [-0.15, -0.1) is 0 Å². The van der Waals surface area contributed by atoms with Crippen molar-refractivity contribution in [3.8, 4) is 22.5 Å². The molecule has 5 rings (SSSR count). The third-order valence-corrected chi connectivity index (χ3v) is 6.51. The molecule has 0 spiro atoms. The van der Waals surface area contributed by atoms with E-state index in [2.05, 4.69) is 27.0 Å². The van der Waals surface area contributed by atoms with Crippen LogP contribution < -0.4 is 11.3 Å². The number of aromatic amines is 1. The van der Waals surface area contributed by atoms with E-state index in [-0.39, 0.29) is 5.56 Å². The molecule has 38 heavy (non-hydrogen) atoms. The smallest absolute Gasteiger partial charge is 0.296 e. The van der Waals surface area contributed by atoms with Gasteiger partial charge in [0.2, 0.25) is 0 Å². The molecule has 0 bridgehead atoms. The van der Waals surface area contributed by atoms with Crippen molar-refractivity contribution in [3.05, 3.63) is 116 Å². The van der Waals surface area contributed by atoms with Crippen LogP contribution in [0.3, 0.4) is 0 Å². The van der Waals surface area contributed by atoms with E-state index in [0.29, 0.717) is 35.9 Å². The van der Waals surface area contributed by atoms with Crippen LogP contribution >= 0.6 is 0 Å². The third-order valence-electron chi connectivity index (χ3n) is 6.51. The van der Waals surface area contributed by atoms with Gasteiger partial charge in [-0.3, -0.25) is 28.8 Å². The van der Waals surface area contributed by atoms with Gasteiger partial charge in [-0.1, -0.05) is 67.0 Å². The molecule has 5 aromatic rings. The van der Waals surface area contributed by atoms with E-state index < -0.39 is 5.76 Å². The number of rotatable bonds is 9. The number of nitrogens with one attached hydrogen (secondary N) is 1. The second kappa shape index (κ2) is 11.2. The molecule has 3 heterocycles. The highest BCUT2D eigenvalue weighted by molar-refractivity contribution is 5.80. The Morgan fingerprint density at radius 3 is 2.47 bits per heavy atom. The van der Waals surface area contributed by atoms with E-state index in [9.17, 15) is 9.59 Å². The minimum Gasteiger partial charge on any atom is -0.296 e. The molecule has 0 aliphatic rings. The van der Waals surface area contributed by atoms with Gasteiger partial charge >= 0.3 is 5.76 Å². The average molecular weight is 509 g/mol. The summed E-state index contributed by atoms with van der Waals surface area (Å²) >= 11 is 0. The van der Waals surface area contributed by atoms with Crippen molar-refractivity contribution >= 4 is 0 Å². The molecule has 0 aliphatic carbocycles. The molecule has 3 aromatic heterocycles. The second-order valence-corrected chi connectivity index (χ2v) is 9.14. The summed E-state index contributed by atoms with van der Waals surface area (Å²) in [6.07, 6.45) is 8.13. The molecule has 0 amide bonds. The largest absolute Gasteiger partial charge is 0.439 e. The fourth-order valence-electron chi connectivity index (χ4n) is 4.54. The van der Waals surface area contributed by atoms with Gasteiger partial charge in [0, 0.05) is 29.9 Å². The number of nitrogens with zero attached hydrogens (tertiary/aromatic N) is 5. The number of unbranched alkanes of at least 4 members (excludes halogenated alkanes) is 1. The van der Waals surface area contributed by atoms with Crippen molar-refractivity contribution in [2.45, 2.75) is 46.1 Å². The molecule has 1 N–H and O–H groups in total. The molecule has 9 heteroatoms. The summed E-state index contributed by atoms with van der Waals surface area (Å²) in [5.41, 5.74) is 5.88. The molecule has 2 aromatic carbocycles. The quantitative estimate of drug-likeness (QED) is 0.315. The maximum atomic E-state index is 13.7. The fraction of sp³-hybridized carbons (Fsp3) is 0.241. The minimum absolute atomic E-state index is 0.0429. The van der Waals surface area contributed by atoms with Gasteiger partial charge in [0.25, 0.3) is 5.56 Å². The van der Waals surface area contributed by atoms with Gasteiger partial charge < -0.3 is 0 Å². The average Bonchev–Trinajstić information content (AvgIpc) is 3.38. The standard InChI is InChI=1S/C29H28N6O3/c1-3-4-9-26-25(28(36)35(19(2)32-26)18-22-17-30-14-15-31-22)16-20-10-12-21(13-11-20)23-7-5-6-8-24(23)27-33-29(37)38-34-27/h5-8,10-15,17H,3-4,9,16,18H2,1-2H3,(H,33,34,37). The summed E-state index contributed by atoms with van der Waals surface area (Å²) in [4.78, 5) is 41.1. The van der Waals surface area contributed by atoms with Gasteiger partial charge in [-0.25, -0.2) is 9.78 Å². The highest BCUT2D eigenvalue weighted by Crippen LogP contribution is 2.30. The van der Waals surface area contributed by atoms with E-state index in [1.165, 1.54) is 0 Å². The van der Waals surface area contributed by atoms with Crippen molar-refractivity contribution < 1.29 is 4.52 Å². The lowest BCUT2D eigenvalue weighted by Crippen LogP contribution is -2.30. The summed E-state index contributed by atoms with van der Waals surface area (Å²) in [6.45, 7) is 4.32. The van der Waals surface area contributed by atoms with Gasteiger partial charge in [0.05, 0.1) is 24.1 Å². The topological polar surface area (TPSA) is 120 Å². The Morgan fingerprint density at radius 1 is 1.00 bits per heavy atom. The summed E-state index contributed by atoms with van der Waals surface area (Å²) < 4.78 is 6.37. The Kier molecular flexibility index (Phi) is 7.35. The van der Waals surface area contributed by atoms with Crippen LogP contribution in [0.2, 0.25) is 0 Å². The summed E-state index contributed by atoms with van der Waals surface area (Å²) in [5.74, 6) is 0.457. The van der Waals surface area contributed by atoms with Crippen molar-refractivity contribution in [2.75, 3.05) is 0 Å². The molecular formula is C29H28N6O3.